The standard InChI is InChI=1S/C22H24ClN3O2S/c1-4-16-17(14-9-7-13(8-10-14)12(2)3)18-19(24-22(23)25-20(18)29-16)26-11-5-6-15(26)21(27)28/h7-10,12,15H,4-6,11H2,1-3H3,(H,27,28). The van der Waals surface area contributed by atoms with Crippen LogP contribution in [0.2, 0.25) is 5.28 Å². The fourth-order valence-electron chi connectivity index (χ4n) is 4.08. The second-order valence-corrected chi connectivity index (χ2v) is 9.14. The summed E-state index contributed by atoms with van der Waals surface area (Å²) in [5, 5.41) is 10.8. The van der Waals surface area contributed by atoms with Gasteiger partial charge < -0.3 is 10.0 Å². The van der Waals surface area contributed by atoms with E-state index in [9.17, 15) is 9.90 Å². The first-order valence-corrected chi connectivity index (χ1v) is 11.2. The van der Waals surface area contributed by atoms with E-state index in [0.29, 0.717) is 24.7 Å². The van der Waals surface area contributed by atoms with E-state index in [1.165, 1.54) is 10.4 Å². The van der Waals surface area contributed by atoms with Crippen LogP contribution in [0.3, 0.4) is 0 Å². The van der Waals surface area contributed by atoms with Crippen molar-refractivity contribution < 1.29 is 9.90 Å². The van der Waals surface area contributed by atoms with Gasteiger partial charge in [-0.3, -0.25) is 0 Å². The number of thiophene rings is 1. The number of nitrogens with zero attached hydrogens (tertiary/aromatic N) is 3. The summed E-state index contributed by atoms with van der Waals surface area (Å²) in [6.07, 6.45) is 2.30. The van der Waals surface area contributed by atoms with Gasteiger partial charge >= 0.3 is 5.97 Å². The molecule has 1 aliphatic rings. The largest absolute Gasteiger partial charge is 0.480 e. The molecule has 1 aliphatic heterocycles. The molecule has 0 spiro atoms. The van der Waals surface area contributed by atoms with E-state index in [4.69, 9.17) is 11.6 Å². The monoisotopic (exact) mass is 429 g/mol. The third kappa shape index (κ3) is 3.60. The van der Waals surface area contributed by atoms with Crippen molar-refractivity contribution in [2.24, 2.45) is 0 Å². The number of carbonyl (C=O) groups is 1. The second-order valence-electron chi connectivity index (χ2n) is 7.72. The maximum atomic E-state index is 11.8. The average Bonchev–Trinajstić information content (AvgIpc) is 3.32. The fourth-order valence-corrected chi connectivity index (χ4v) is 5.42. The molecule has 3 aromatic rings. The third-order valence-corrected chi connectivity index (χ3v) is 6.97. The van der Waals surface area contributed by atoms with Gasteiger partial charge in [-0.1, -0.05) is 45.0 Å². The van der Waals surface area contributed by atoms with Crippen molar-refractivity contribution in [1.82, 2.24) is 9.97 Å². The first kappa shape index (κ1) is 20.1. The van der Waals surface area contributed by atoms with Crippen LogP contribution in [-0.2, 0) is 11.2 Å². The van der Waals surface area contributed by atoms with Crippen molar-refractivity contribution in [3.05, 3.63) is 40.0 Å². The quantitative estimate of drug-likeness (QED) is 0.523. The van der Waals surface area contributed by atoms with Gasteiger partial charge in [-0.05, 0) is 47.9 Å². The van der Waals surface area contributed by atoms with Crippen LogP contribution in [0.1, 0.15) is 50.0 Å². The van der Waals surface area contributed by atoms with Gasteiger partial charge in [0.25, 0.3) is 0 Å². The van der Waals surface area contributed by atoms with E-state index in [1.807, 2.05) is 4.90 Å². The Hall–Kier alpha value is -2.18. The Bertz CT molecular complexity index is 1060. The number of aromatic nitrogens is 2. The summed E-state index contributed by atoms with van der Waals surface area (Å²) in [6.45, 7) is 7.14. The van der Waals surface area contributed by atoms with Crippen LogP contribution in [0.4, 0.5) is 5.82 Å². The van der Waals surface area contributed by atoms with Crippen molar-refractivity contribution in [3.63, 3.8) is 0 Å². The lowest BCUT2D eigenvalue weighted by Gasteiger charge is -2.24. The molecule has 1 atom stereocenters. The highest BCUT2D eigenvalue weighted by Crippen LogP contribution is 2.44. The highest BCUT2D eigenvalue weighted by atomic mass is 35.5. The van der Waals surface area contributed by atoms with E-state index >= 15 is 0 Å². The zero-order valence-electron chi connectivity index (χ0n) is 16.8. The van der Waals surface area contributed by atoms with Crippen molar-refractivity contribution in [1.29, 1.82) is 0 Å². The van der Waals surface area contributed by atoms with Crippen molar-refractivity contribution in [2.75, 3.05) is 11.4 Å². The number of carboxylic acids is 1. The number of benzene rings is 1. The normalized spacial score (nSPS) is 16.9. The molecule has 0 aliphatic carbocycles. The molecule has 2 aromatic heterocycles. The second kappa shape index (κ2) is 7.92. The molecule has 4 rings (SSSR count). The van der Waals surface area contributed by atoms with Crippen molar-refractivity contribution >= 4 is 44.9 Å². The predicted octanol–water partition coefficient (Wildman–Crippen LogP) is 5.75. The molecule has 1 saturated heterocycles. The van der Waals surface area contributed by atoms with E-state index < -0.39 is 12.0 Å². The maximum Gasteiger partial charge on any atom is 0.326 e. The number of aryl methyl sites for hydroxylation is 1. The molecular formula is C22H24ClN3O2S. The molecular weight excluding hydrogens is 406 g/mol. The summed E-state index contributed by atoms with van der Waals surface area (Å²) >= 11 is 7.86. The number of halogens is 1. The highest BCUT2D eigenvalue weighted by molar-refractivity contribution is 7.19. The number of rotatable bonds is 5. The molecule has 0 saturated carbocycles. The minimum Gasteiger partial charge on any atom is -0.480 e. The van der Waals surface area contributed by atoms with Crippen LogP contribution in [0, 0.1) is 0 Å². The van der Waals surface area contributed by atoms with Gasteiger partial charge in [0, 0.05) is 17.0 Å². The van der Waals surface area contributed by atoms with Crippen LogP contribution in [-0.4, -0.2) is 33.6 Å². The zero-order chi connectivity index (χ0) is 20.7. The molecule has 152 valence electrons. The average molecular weight is 430 g/mol. The Morgan fingerprint density at radius 1 is 1.31 bits per heavy atom. The Morgan fingerprint density at radius 3 is 2.66 bits per heavy atom. The van der Waals surface area contributed by atoms with Gasteiger partial charge in [-0.15, -0.1) is 11.3 Å². The molecule has 7 heteroatoms. The number of hydrogen-bond donors (Lipinski definition) is 1. The lowest BCUT2D eigenvalue weighted by atomic mass is 9.97. The molecule has 1 aromatic carbocycles. The molecule has 0 radical (unpaired) electrons. The van der Waals surface area contributed by atoms with E-state index in [2.05, 4.69) is 55.0 Å². The maximum absolute atomic E-state index is 11.8. The first-order chi connectivity index (χ1) is 13.9. The molecule has 1 N–H and O–H groups in total. The van der Waals surface area contributed by atoms with Crippen LogP contribution < -0.4 is 4.90 Å². The van der Waals surface area contributed by atoms with Crippen molar-refractivity contribution in [2.45, 2.75) is 52.0 Å². The highest BCUT2D eigenvalue weighted by Gasteiger charge is 2.34. The van der Waals surface area contributed by atoms with Gasteiger partial charge in [0.05, 0.1) is 5.39 Å². The van der Waals surface area contributed by atoms with Crippen LogP contribution in [0.15, 0.2) is 24.3 Å². The minimum atomic E-state index is -0.820. The molecule has 1 unspecified atom stereocenters. The number of carboxylic acid groups (broad SMARTS) is 1. The van der Waals surface area contributed by atoms with Gasteiger partial charge in [0.2, 0.25) is 5.28 Å². The molecule has 3 heterocycles. The summed E-state index contributed by atoms with van der Waals surface area (Å²) < 4.78 is 0. The predicted molar refractivity (Wildman–Crippen MR) is 119 cm³/mol. The van der Waals surface area contributed by atoms with Crippen LogP contribution in [0.5, 0.6) is 0 Å². The van der Waals surface area contributed by atoms with E-state index in [0.717, 1.165) is 34.2 Å². The van der Waals surface area contributed by atoms with Crippen molar-refractivity contribution in [3.8, 4) is 11.1 Å². The minimum absolute atomic E-state index is 0.161. The van der Waals surface area contributed by atoms with E-state index in [1.54, 1.807) is 11.3 Å². The molecule has 0 bridgehead atoms. The Morgan fingerprint density at radius 2 is 2.03 bits per heavy atom. The fraction of sp³-hybridized carbons (Fsp3) is 0.409. The molecule has 29 heavy (non-hydrogen) atoms. The first-order valence-electron chi connectivity index (χ1n) is 9.99. The van der Waals surface area contributed by atoms with E-state index in [-0.39, 0.29) is 5.28 Å². The summed E-state index contributed by atoms with van der Waals surface area (Å²) in [7, 11) is 0. The number of aliphatic carboxylic acids is 1. The van der Waals surface area contributed by atoms with Crippen LogP contribution in [0.25, 0.3) is 21.3 Å². The Balaban J connectivity index is 1.95. The molecule has 5 nitrogen and oxygen atoms in total. The zero-order valence-corrected chi connectivity index (χ0v) is 18.3. The molecule has 0 amide bonds. The smallest absolute Gasteiger partial charge is 0.326 e. The SMILES string of the molecule is CCc1sc2nc(Cl)nc(N3CCCC3C(=O)O)c2c1-c1ccc(C(C)C)cc1. The van der Waals surface area contributed by atoms with Crippen LogP contribution >= 0.6 is 22.9 Å². The number of anilines is 1. The lowest BCUT2D eigenvalue weighted by molar-refractivity contribution is -0.138. The number of fused-ring (bicyclic) bond motifs is 1. The Labute approximate surface area is 179 Å². The molecule has 1 fully saturated rings. The lowest BCUT2D eigenvalue weighted by Crippen LogP contribution is -2.36. The van der Waals surface area contributed by atoms with Gasteiger partial charge in [0.15, 0.2) is 0 Å². The summed E-state index contributed by atoms with van der Waals surface area (Å²) in [5.41, 5.74) is 3.50. The van der Waals surface area contributed by atoms with Gasteiger partial charge in [-0.25, -0.2) is 9.78 Å². The summed E-state index contributed by atoms with van der Waals surface area (Å²) in [5.74, 6) is 0.287. The summed E-state index contributed by atoms with van der Waals surface area (Å²) in [4.78, 5) is 24.7. The third-order valence-electron chi connectivity index (χ3n) is 5.58. The summed E-state index contributed by atoms with van der Waals surface area (Å²) in [6, 6.07) is 8.04. The topological polar surface area (TPSA) is 66.3 Å². The number of hydrogen-bond acceptors (Lipinski definition) is 5. The Kier molecular flexibility index (Phi) is 5.49. The van der Waals surface area contributed by atoms with Gasteiger partial charge in [0.1, 0.15) is 16.7 Å². The van der Waals surface area contributed by atoms with Gasteiger partial charge in [-0.2, -0.15) is 4.98 Å².